The Morgan fingerprint density at radius 3 is 2.83 bits per heavy atom. The molecule has 1 amide bonds. The van der Waals surface area contributed by atoms with Gasteiger partial charge in [-0.05, 0) is 29.8 Å². The van der Waals surface area contributed by atoms with Crippen LogP contribution >= 0.6 is 0 Å². The Balaban J connectivity index is 2.17. The van der Waals surface area contributed by atoms with E-state index < -0.39 is 0 Å². The summed E-state index contributed by atoms with van der Waals surface area (Å²) in [4.78, 5) is 26.8. The average molecular weight is 320 g/mol. The van der Waals surface area contributed by atoms with Crippen molar-refractivity contribution in [2.45, 2.75) is 0 Å². The Kier molecular flexibility index (Phi) is 5.74. The van der Waals surface area contributed by atoms with Crippen LogP contribution in [0.15, 0.2) is 55.0 Å². The molecule has 0 atom stereocenters. The molecule has 2 rings (SSSR count). The van der Waals surface area contributed by atoms with Crippen molar-refractivity contribution in [3.05, 3.63) is 71.7 Å². The highest BCUT2D eigenvalue weighted by molar-refractivity contribution is 6.10. The van der Waals surface area contributed by atoms with E-state index in [0.29, 0.717) is 34.2 Å². The Labute approximate surface area is 139 Å². The van der Waals surface area contributed by atoms with Crippen LogP contribution in [-0.4, -0.2) is 23.4 Å². The monoisotopic (exact) mass is 320 g/mol. The number of carbonyl (C=O) groups is 2. The average Bonchev–Trinajstić information content (AvgIpc) is 2.62. The third-order valence-corrected chi connectivity index (χ3v) is 3.20. The molecule has 0 aliphatic heterocycles. The summed E-state index contributed by atoms with van der Waals surface area (Å²) in [6.07, 6.45) is 9.29. The number of amides is 1. The number of rotatable bonds is 6. The van der Waals surface area contributed by atoms with Crippen LogP contribution in [0.4, 0.5) is 5.69 Å². The highest BCUT2D eigenvalue weighted by Gasteiger charge is 2.04. The van der Waals surface area contributed by atoms with Crippen molar-refractivity contribution in [2.24, 2.45) is 5.73 Å². The van der Waals surface area contributed by atoms with Gasteiger partial charge in [0.1, 0.15) is 6.29 Å². The van der Waals surface area contributed by atoms with E-state index in [2.05, 4.69) is 10.3 Å². The van der Waals surface area contributed by atoms with E-state index in [1.807, 2.05) is 0 Å². The normalized spacial score (nSPS) is 11.2. The van der Waals surface area contributed by atoms with Gasteiger partial charge in [-0.15, -0.1) is 0 Å². The zero-order chi connectivity index (χ0) is 17.4. The number of anilines is 1. The second-order valence-electron chi connectivity index (χ2n) is 4.80. The van der Waals surface area contributed by atoms with Crippen molar-refractivity contribution >= 4 is 35.7 Å². The second-order valence-corrected chi connectivity index (χ2v) is 4.80. The number of nitrogens with zero attached hydrogens (tertiary/aromatic N) is 1. The first-order valence-corrected chi connectivity index (χ1v) is 7.09. The quantitative estimate of drug-likeness (QED) is 0.431. The number of allylic oxidation sites excluding steroid dienone is 1. The maximum absolute atomic E-state index is 12.0. The Hall–Kier alpha value is -3.54. The minimum absolute atomic E-state index is 0.346. The summed E-state index contributed by atoms with van der Waals surface area (Å²) in [5, 5.41) is 10.0. The summed E-state index contributed by atoms with van der Waals surface area (Å²) >= 11 is 0. The molecule has 4 N–H and O–H groups in total. The van der Waals surface area contributed by atoms with E-state index in [0.717, 1.165) is 6.21 Å². The van der Waals surface area contributed by atoms with Crippen molar-refractivity contribution in [3.63, 3.8) is 0 Å². The number of hydrogen-bond donors (Lipinski definition) is 3. The van der Waals surface area contributed by atoms with E-state index in [1.54, 1.807) is 48.8 Å². The highest BCUT2D eigenvalue weighted by atomic mass is 16.1. The molecule has 120 valence electrons. The lowest BCUT2D eigenvalue weighted by Gasteiger charge is -2.05. The molecule has 6 nitrogen and oxygen atoms in total. The lowest BCUT2D eigenvalue weighted by Crippen LogP contribution is -2.08. The first-order valence-electron chi connectivity index (χ1n) is 7.09. The molecule has 2 aromatic rings. The fourth-order valence-corrected chi connectivity index (χ4v) is 2.06. The van der Waals surface area contributed by atoms with Crippen LogP contribution in [0, 0.1) is 5.41 Å². The molecular formula is C18H16N4O2. The minimum atomic E-state index is -0.346. The van der Waals surface area contributed by atoms with Crippen molar-refractivity contribution in [2.75, 3.05) is 5.32 Å². The molecule has 0 saturated carbocycles. The molecule has 0 aliphatic carbocycles. The molecule has 0 saturated heterocycles. The number of pyridine rings is 1. The van der Waals surface area contributed by atoms with Gasteiger partial charge in [-0.1, -0.05) is 12.1 Å². The van der Waals surface area contributed by atoms with Crippen molar-refractivity contribution in [1.29, 1.82) is 5.41 Å². The number of nitrogens with two attached hydrogens (primary N) is 1. The van der Waals surface area contributed by atoms with E-state index >= 15 is 0 Å². The van der Waals surface area contributed by atoms with Crippen LogP contribution in [0.1, 0.15) is 21.5 Å². The lowest BCUT2D eigenvalue weighted by atomic mass is 10.0. The molecule has 0 radical (unpaired) electrons. The molecule has 1 aromatic heterocycles. The summed E-state index contributed by atoms with van der Waals surface area (Å²) < 4.78 is 0. The van der Waals surface area contributed by atoms with Gasteiger partial charge in [0.25, 0.3) is 0 Å². The van der Waals surface area contributed by atoms with E-state index in [4.69, 9.17) is 11.1 Å². The summed E-state index contributed by atoms with van der Waals surface area (Å²) in [6.45, 7) is 0. The zero-order valence-corrected chi connectivity index (χ0v) is 12.8. The molecule has 24 heavy (non-hydrogen) atoms. The van der Waals surface area contributed by atoms with Crippen molar-refractivity contribution < 1.29 is 9.59 Å². The Morgan fingerprint density at radius 1 is 1.29 bits per heavy atom. The lowest BCUT2D eigenvalue weighted by molar-refractivity contribution is -0.111. The predicted molar refractivity (Wildman–Crippen MR) is 94.7 cm³/mol. The van der Waals surface area contributed by atoms with Crippen LogP contribution in [-0.2, 0) is 4.79 Å². The van der Waals surface area contributed by atoms with Crippen LogP contribution in [0.25, 0.3) is 11.6 Å². The van der Waals surface area contributed by atoms with E-state index in [-0.39, 0.29) is 5.91 Å². The SMILES string of the molecule is N=CC(=CN)c1ccncc1/C=C/C(=O)Nc1cccc(C=O)c1. The van der Waals surface area contributed by atoms with Crippen molar-refractivity contribution in [1.82, 2.24) is 4.98 Å². The number of aromatic nitrogens is 1. The maximum atomic E-state index is 12.0. The Bertz CT molecular complexity index is 825. The molecule has 1 heterocycles. The summed E-state index contributed by atoms with van der Waals surface area (Å²) in [7, 11) is 0. The topological polar surface area (TPSA) is 109 Å². The van der Waals surface area contributed by atoms with Crippen LogP contribution in [0.5, 0.6) is 0 Å². The van der Waals surface area contributed by atoms with Gasteiger partial charge in [0.05, 0.1) is 0 Å². The largest absolute Gasteiger partial charge is 0.404 e. The molecule has 0 bridgehead atoms. The fourth-order valence-electron chi connectivity index (χ4n) is 2.06. The third kappa shape index (κ3) is 4.23. The third-order valence-electron chi connectivity index (χ3n) is 3.20. The van der Waals surface area contributed by atoms with E-state index in [1.165, 1.54) is 12.3 Å². The predicted octanol–water partition coefficient (Wildman–Crippen LogP) is 2.50. The number of hydrogen-bond acceptors (Lipinski definition) is 5. The van der Waals surface area contributed by atoms with Crippen molar-refractivity contribution in [3.8, 4) is 0 Å². The molecule has 6 heteroatoms. The van der Waals surface area contributed by atoms with Crippen LogP contribution < -0.4 is 11.1 Å². The second kappa shape index (κ2) is 8.19. The first-order chi connectivity index (χ1) is 11.7. The number of carbonyl (C=O) groups excluding carboxylic acids is 2. The molecule has 0 aliphatic rings. The Morgan fingerprint density at radius 2 is 2.12 bits per heavy atom. The molecule has 0 spiro atoms. The highest BCUT2D eigenvalue weighted by Crippen LogP contribution is 2.17. The van der Waals surface area contributed by atoms with Crippen LogP contribution in [0.2, 0.25) is 0 Å². The van der Waals surface area contributed by atoms with Gasteiger partial charge in [0, 0.05) is 53.3 Å². The van der Waals surface area contributed by atoms with Crippen LogP contribution in [0.3, 0.4) is 0 Å². The molecule has 0 unspecified atom stereocenters. The summed E-state index contributed by atoms with van der Waals surface area (Å²) in [6, 6.07) is 8.33. The summed E-state index contributed by atoms with van der Waals surface area (Å²) in [5.41, 5.74) is 8.40. The first kappa shape index (κ1) is 16.8. The molecule has 0 fully saturated rings. The standard InChI is InChI=1S/C18H16N4O2/c19-9-15(10-20)17-6-7-21-11-14(17)4-5-18(24)22-16-3-1-2-13(8-16)12-23/h1-12,19H,20H2,(H,22,24)/b5-4+,15-10?,19-9?. The fraction of sp³-hybridized carbons (Fsp3) is 0. The van der Waals surface area contributed by atoms with Gasteiger partial charge in [-0.2, -0.15) is 0 Å². The van der Waals surface area contributed by atoms with Gasteiger partial charge >= 0.3 is 0 Å². The smallest absolute Gasteiger partial charge is 0.248 e. The van der Waals surface area contributed by atoms with Gasteiger partial charge in [-0.25, -0.2) is 0 Å². The summed E-state index contributed by atoms with van der Waals surface area (Å²) in [5.74, 6) is -0.346. The minimum Gasteiger partial charge on any atom is -0.404 e. The molecule has 1 aromatic carbocycles. The maximum Gasteiger partial charge on any atom is 0.248 e. The number of nitrogens with one attached hydrogen (secondary N) is 2. The van der Waals surface area contributed by atoms with Gasteiger partial charge in [-0.3, -0.25) is 14.6 Å². The number of benzene rings is 1. The van der Waals surface area contributed by atoms with Gasteiger partial charge in [0.2, 0.25) is 5.91 Å². The van der Waals surface area contributed by atoms with E-state index in [9.17, 15) is 9.59 Å². The van der Waals surface area contributed by atoms with Gasteiger partial charge in [0.15, 0.2) is 0 Å². The zero-order valence-electron chi connectivity index (χ0n) is 12.8. The molecular weight excluding hydrogens is 304 g/mol. The van der Waals surface area contributed by atoms with Gasteiger partial charge < -0.3 is 16.5 Å². The number of aldehydes is 1.